The zero-order chi connectivity index (χ0) is 8.69. The molecule has 0 aliphatic rings. The largest absolute Gasteiger partial charge is 0.367 e. The standard InChI is InChI=1S/C9H20N2/c1-5-6-7-8-10-9(2)11(3)4/h5-8H2,1-4H3. The molecule has 0 fully saturated rings. The Labute approximate surface area is 70.3 Å². The maximum atomic E-state index is 4.40. The highest BCUT2D eigenvalue weighted by molar-refractivity contribution is 5.79. The van der Waals surface area contributed by atoms with Gasteiger partial charge in [-0.1, -0.05) is 19.8 Å². The summed E-state index contributed by atoms with van der Waals surface area (Å²) in [5, 5.41) is 0. The Hall–Kier alpha value is -0.530. The van der Waals surface area contributed by atoms with Gasteiger partial charge in [0.05, 0.1) is 5.84 Å². The highest BCUT2D eigenvalue weighted by atomic mass is 15.1. The lowest BCUT2D eigenvalue weighted by Gasteiger charge is -2.10. The summed E-state index contributed by atoms with van der Waals surface area (Å²) in [5.41, 5.74) is 0. The minimum atomic E-state index is 0.984. The second-order valence-electron chi connectivity index (χ2n) is 3.03. The van der Waals surface area contributed by atoms with Gasteiger partial charge in [-0.3, -0.25) is 4.99 Å². The van der Waals surface area contributed by atoms with Gasteiger partial charge in [0, 0.05) is 20.6 Å². The lowest BCUT2D eigenvalue weighted by molar-refractivity contribution is 0.609. The molecule has 0 aromatic carbocycles. The van der Waals surface area contributed by atoms with E-state index in [0.717, 1.165) is 12.4 Å². The van der Waals surface area contributed by atoms with E-state index in [9.17, 15) is 0 Å². The number of aliphatic imine (C=N–C) groups is 1. The maximum absolute atomic E-state index is 4.40. The first-order valence-electron chi connectivity index (χ1n) is 4.36. The average molecular weight is 156 g/mol. The van der Waals surface area contributed by atoms with Crippen LogP contribution >= 0.6 is 0 Å². The van der Waals surface area contributed by atoms with Crippen LogP contribution in [0.5, 0.6) is 0 Å². The molecular formula is C9H20N2. The SMILES string of the molecule is CCCCCN=C(C)N(C)C. The van der Waals surface area contributed by atoms with E-state index in [1.165, 1.54) is 19.3 Å². The van der Waals surface area contributed by atoms with Crippen molar-refractivity contribution in [3.05, 3.63) is 0 Å². The summed E-state index contributed by atoms with van der Waals surface area (Å²) in [5.74, 6) is 1.13. The van der Waals surface area contributed by atoms with Crippen LogP contribution in [-0.2, 0) is 0 Å². The first-order chi connectivity index (χ1) is 5.18. The molecule has 0 aromatic heterocycles. The molecule has 0 rings (SSSR count). The van der Waals surface area contributed by atoms with E-state index < -0.39 is 0 Å². The first kappa shape index (κ1) is 10.5. The lowest BCUT2D eigenvalue weighted by Crippen LogP contribution is -2.18. The molecule has 0 spiro atoms. The van der Waals surface area contributed by atoms with Crippen molar-refractivity contribution in [3.63, 3.8) is 0 Å². The van der Waals surface area contributed by atoms with Crippen molar-refractivity contribution in [3.8, 4) is 0 Å². The number of rotatable bonds is 4. The summed E-state index contributed by atoms with van der Waals surface area (Å²) in [6.07, 6.45) is 3.79. The van der Waals surface area contributed by atoms with E-state index >= 15 is 0 Å². The van der Waals surface area contributed by atoms with Crippen LogP contribution in [0.3, 0.4) is 0 Å². The number of nitrogens with zero attached hydrogens (tertiary/aromatic N) is 2. The van der Waals surface area contributed by atoms with Crippen molar-refractivity contribution in [1.82, 2.24) is 4.90 Å². The highest BCUT2D eigenvalue weighted by Gasteiger charge is 1.90. The van der Waals surface area contributed by atoms with Gasteiger partial charge in [-0.25, -0.2) is 0 Å². The Morgan fingerprint density at radius 1 is 1.27 bits per heavy atom. The molecule has 0 saturated carbocycles. The molecule has 0 aliphatic carbocycles. The third-order valence-corrected chi connectivity index (χ3v) is 1.75. The van der Waals surface area contributed by atoms with E-state index in [1.54, 1.807) is 0 Å². The fourth-order valence-electron chi connectivity index (χ4n) is 0.744. The highest BCUT2D eigenvalue weighted by Crippen LogP contribution is 1.94. The Bertz CT molecular complexity index is 117. The summed E-state index contributed by atoms with van der Waals surface area (Å²) in [7, 11) is 4.05. The molecule has 11 heavy (non-hydrogen) atoms. The molecule has 2 nitrogen and oxygen atoms in total. The third-order valence-electron chi connectivity index (χ3n) is 1.75. The van der Waals surface area contributed by atoms with Gasteiger partial charge in [0.1, 0.15) is 0 Å². The summed E-state index contributed by atoms with van der Waals surface area (Å²) in [6, 6.07) is 0. The van der Waals surface area contributed by atoms with Gasteiger partial charge in [0.15, 0.2) is 0 Å². The number of unbranched alkanes of at least 4 members (excludes halogenated alkanes) is 2. The average Bonchev–Trinajstić information content (AvgIpc) is 1.97. The maximum Gasteiger partial charge on any atom is 0.0952 e. The van der Waals surface area contributed by atoms with Gasteiger partial charge < -0.3 is 4.90 Å². The van der Waals surface area contributed by atoms with Crippen LogP contribution in [-0.4, -0.2) is 31.4 Å². The topological polar surface area (TPSA) is 15.6 Å². The predicted molar refractivity (Wildman–Crippen MR) is 51.2 cm³/mol. The van der Waals surface area contributed by atoms with Crippen LogP contribution in [0.4, 0.5) is 0 Å². The van der Waals surface area contributed by atoms with Crippen molar-refractivity contribution in [2.24, 2.45) is 4.99 Å². The van der Waals surface area contributed by atoms with Crippen LogP contribution in [0.25, 0.3) is 0 Å². The third kappa shape index (κ3) is 5.89. The first-order valence-corrected chi connectivity index (χ1v) is 4.36. The molecule has 0 heterocycles. The fraction of sp³-hybridized carbons (Fsp3) is 0.889. The van der Waals surface area contributed by atoms with Crippen molar-refractivity contribution >= 4 is 5.84 Å². The normalized spacial score (nSPS) is 11.8. The Balaban J connectivity index is 3.40. The fourth-order valence-corrected chi connectivity index (χ4v) is 0.744. The molecule has 0 atom stereocenters. The summed E-state index contributed by atoms with van der Waals surface area (Å²) in [6.45, 7) is 5.24. The Morgan fingerprint density at radius 2 is 1.91 bits per heavy atom. The van der Waals surface area contributed by atoms with E-state index in [4.69, 9.17) is 0 Å². The van der Waals surface area contributed by atoms with Crippen LogP contribution in [0.2, 0.25) is 0 Å². The molecule has 0 N–H and O–H groups in total. The van der Waals surface area contributed by atoms with Gasteiger partial charge in [0.2, 0.25) is 0 Å². The van der Waals surface area contributed by atoms with Gasteiger partial charge in [-0.2, -0.15) is 0 Å². The molecule has 0 aromatic rings. The lowest BCUT2D eigenvalue weighted by atomic mass is 10.2. The van der Waals surface area contributed by atoms with Gasteiger partial charge in [-0.05, 0) is 13.3 Å². The minimum absolute atomic E-state index is 0.984. The molecule has 2 heteroatoms. The van der Waals surface area contributed by atoms with E-state index in [-0.39, 0.29) is 0 Å². The Morgan fingerprint density at radius 3 is 2.36 bits per heavy atom. The van der Waals surface area contributed by atoms with Crippen LogP contribution in [0.15, 0.2) is 4.99 Å². The van der Waals surface area contributed by atoms with Crippen molar-refractivity contribution < 1.29 is 0 Å². The van der Waals surface area contributed by atoms with E-state index in [1.807, 2.05) is 25.9 Å². The second-order valence-corrected chi connectivity index (χ2v) is 3.03. The Kier molecular flexibility index (Phi) is 5.90. The van der Waals surface area contributed by atoms with Gasteiger partial charge in [-0.15, -0.1) is 0 Å². The van der Waals surface area contributed by atoms with Crippen molar-refractivity contribution in [2.45, 2.75) is 33.1 Å². The van der Waals surface area contributed by atoms with Crippen molar-refractivity contribution in [2.75, 3.05) is 20.6 Å². The zero-order valence-corrected chi connectivity index (χ0v) is 8.22. The molecule has 0 unspecified atom stereocenters. The molecule has 0 bridgehead atoms. The summed E-state index contributed by atoms with van der Waals surface area (Å²) >= 11 is 0. The molecule has 0 amide bonds. The molecule has 0 aliphatic heterocycles. The van der Waals surface area contributed by atoms with E-state index in [0.29, 0.717) is 0 Å². The van der Waals surface area contributed by atoms with Crippen LogP contribution in [0.1, 0.15) is 33.1 Å². The number of hydrogen-bond donors (Lipinski definition) is 0. The molecule has 0 saturated heterocycles. The number of amidine groups is 1. The minimum Gasteiger partial charge on any atom is -0.367 e. The summed E-state index contributed by atoms with van der Waals surface area (Å²) in [4.78, 5) is 6.45. The van der Waals surface area contributed by atoms with Gasteiger partial charge >= 0.3 is 0 Å². The monoisotopic (exact) mass is 156 g/mol. The van der Waals surface area contributed by atoms with Crippen LogP contribution < -0.4 is 0 Å². The van der Waals surface area contributed by atoms with Crippen molar-refractivity contribution in [1.29, 1.82) is 0 Å². The molecule has 0 radical (unpaired) electrons. The zero-order valence-electron chi connectivity index (χ0n) is 8.22. The second kappa shape index (κ2) is 6.20. The molecule has 66 valence electrons. The molecular weight excluding hydrogens is 136 g/mol. The quantitative estimate of drug-likeness (QED) is 0.346. The smallest absolute Gasteiger partial charge is 0.0952 e. The van der Waals surface area contributed by atoms with E-state index in [2.05, 4.69) is 11.9 Å². The number of hydrogen-bond acceptors (Lipinski definition) is 1. The predicted octanol–water partition coefficient (Wildman–Crippen LogP) is 2.16. The van der Waals surface area contributed by atoms with Crippen LogP contribution in [0, 0.1) is 0 Å². The van der Waals surface area contributed by atoms with Gasteiger partial charge in [0.25, 0.3) is 0 Å². The summed E-state index contributed by atoms with van der Waals surface area (Å²) < 4.78 is 0.